The van der Waals surface area contributed by atoms with E-state index in [2.05, 4.69) is 25.9 Å². The third-order valence-electron chi connectivity index (χ3n) is 3.26. The highest BCUT2D eigenvalue weighted by Crippen LogP contribution is 2.22. The Bertz CT molecular complexity index is 506. The zero-order valence-electron chi connectivity index (χ0n) is 13.7. The Balaban J connectivity index is 2.80. The molecular weight excluding hydrogens is 286 g/mol. The van der Waals surface area contributed by atoms with Gasteiger partial charge in [0.05, 0.1) is 5.69 Å². The molecule has 1 heterocycles. The second-order valence-corrected chi connectivity index (χ2v) is 6.17. The molecule has 5 heteroatoms. The molecule has 0 saturated carbocycles. The van der Waals surface area contributed by atoms with Crippen molar-refractivity contribution in [1.82, 2.24) is 14.7 Å². The predicted octanol–water partition coefficient (Wildman–Crippen LogP) is 3.77. The summed E-state index contributed by atoms with van der Waals surface area (Å²) in [6.07, 6.45) is 5.44. The number of carbonyl (C=O) groups excluding carboxylic acids is 1. The van der Waals surface area contributed by atoms with Crippen molar-refractivity contribution in [3.05, 3.63) is 22.5 Å². The van der Waals surface area contributed by atoms with Crippen LogP contribution in [0.1, 0.15) is 44.9 Å². The molecule has 1 aromatic heterocycles. The smallest absolute Gasteiger partial charge is 0.246 e. The van der Waals surface area contributed by atoms with Crippen LogP contribution in [-0.4, -0.2) is 34.2 Å². The maximum absolute atomic E-state index is 12.0. The first-order valence-corrected chi connectivity index (χ1v) is 7.90. The Morgan fingerprint density at radius 2 is 2.14 bits per heavy atom. The summed E-state index contributed by atoms with van der Waals surface area (Å²) in [6, 6.07) is 0. The maximum Gasteiger partial charge on any atom is 0.246 e. The van der Waals surface area contributed by atoms with E-state index in [0.29, 0.717) is 11.1 Å². The molecule has 0 fully saturated rings. The molecular formula is C16H26ClN3O. The normalized spacial score (nSPS) is 11.6. The second kappa shape index (κ2) is 8.23. The lowest BCUT2D eigenvalue weighted by molar-refractivity contribution is -0.124. The molecule has 0 unspecified atom stereocenters. The summed E-state index contributed by atoms with van der Waals surface area (Å²) < 4.78 is 1.80. The van der Waals surface area contributed by atoms with Crippen molar-refractivity contribution in [2.45, 2.75) is 47.1 Å². The first-order valence-electron chi connectivity index (χ1n) is 7.52. The number of amides is 1. The van der Waals surface area contributed by atoms with Crippen LogP contribution in [0, 0.1) is 12.8 Å². The summed E-state index contributed by atoms with van der Waals surface area (Å²) in [7, 11) is 1.82. The van der Waals surface area contributed by atoms with Crippen LogP contribution in [0.4, 0.5) is 0 Å². The highest BCUT2D eigenvalue weighted by molar-refractivity contribution is 6.31. The zero-order valence-corrected chi connectivity index (χ0v) is 14.4. The van der Waals surface area contributed by atoms with Crippen molar-refractivity contribution >= 4 is 23.6 Å². The van der Waals surface area contributed by atoms with E-state index in [1.807, 2.05) is 14.0 Å². The summed E-state index contributed by atoms with van der Waals surface area (Å²) in [5, 5.41) is 5.03. The molecule has 1 rings (SSSR count). The van der Waals surface area contributed by atoms with Crippen molar-refractivity contribution in [3.63, 3.8) is 0 Å². The fourth-order valence-electron chi connectivity index (χ4n) is 2.01. The van der Waals surface area contributed by atoms with Crippen molar-refractivity contribution in [2.24, 2.45) is 5.92 Å². The molecule has 0 bridgehead atoms. The van der Waals surface area contributed by atoms with Crippen LogP contribution < -0.4 is 0 Å². The Kier molecular flexibility index (Phi) is 6.96. The number of hydrogen-bond donors (Lipinski definition) is 0. The largest absolute Gasteiger partial charge is 0.342 e. The van der Waals surface area contributed by atoms with Crippen molar-refractivity contribution in [3.8, 4) is 0 Å². The number of halogens is 1. The number of carbonyl (C=O) groups is 1. The number of likely N-dealkylation sites (N-methyl/N-ethyl adjacent to an activating group) is 1. The molecule has 21 heavy (non-hydrogen) atoms. The van der Waals surface area contributed by atoms with Crippen LogP contribution >= 0.6 is 11.6 Å². The van der Waals surface area contributed by atoms with Gasteiger partial charge in [-0.25, -0.2) is 0 Å². The van der Waals surface area contributed by atoms with Gasteiger partial charge in [-0.05, 0) is 25.3 Å². The van der Waals surface area contributed by atoms with Gasteiger partial charge in [0.1, 0.15) is 5.15 Å². The van der Waals surface area contributed by atoms with E-state index in [1.54, 1.807) is 21.7 Å². The standard InChI is InChI=1S/C16H26ClN3O/c1-6-7-10-19(5)15(21)9-8-14-13(4)18-20(16(14)17)11-12(2)3/h8-9,12H,6-7,10-11H2,1-5H3/b9-8+. The Hall–Kier alpha value is -1.29. The molecule has 0 atom stereocenters. The lowest BCUT2D eigenvalue weighted by Gasteiger charge is -2.13. The zero-order chi connectivity index (χ0) is 16.0. The van der Waals surface area contributed by atoms with Crippen LogP contribution in [-0.2, 0) is 11.3 Å². The SMILES string of the molecule is CCCCN(C)C(=O)/C=C/c1c(C)nn(CC(C)C)c1Cl. The van der Waals surface area contributed by atoms with E-state index in [-0.39, 0.29) is 5.91 Å². The summed E-state index contributed by atoms with van der Waals surface area (Å²) in [4.78, 5) is 13.7. The molecule has 0 spiro atoms. The molecule has 0 aliphatic carbocycles. The second-order valence-electron chi connectivity index (χ2n) is 5.81. The Morgan fingerprint density at radius 3 is 2.71 bits per heavy atom. The predicted molar refractivity (Wildman–Crippen MR) is 88.4 cm³/mol. The average Bonchev–Trinajstić information content (AvgIpc) is 2.67. The minimum absolute atomic E-state index is 0.00414. The first-order chi connectivity index (χ1) is 9.86. The fourth-order valence-corrected chi connectivity index (χ4v) is 2.32. The van der Waals surface area contributed by atoms with Gasteiger partial charge in [0.25, 0.3) is 0 Å². The third-order valence-corrected chi connectivity index (χ3v) is 3.66. The molecule has 0 aromatic carbocycles. The Labute approximate surface area is 132 Å². The van der Waals surface area contributed by atoms with Crippen molar-refractivity contribution in [2.75, 3.05) is 13.6 Å². The van der Waals surface area contributed by atoms with Crippen molar-refractivity contribution < 1.29 is 4.79 Å². The van der Waals surface area contributed by atoms with E-state index in [4.69, 9.17) is 11.6 Å². The number of unbranched alkanes of at least 4 members (excludes halogenated alkanes) is 1. The molecule has 0 saturated heterocycles. The van der Waals surface area contributed by atoms with Gasteiger partial charge in [-0.15, -0.1) is 0 Å². The fraction of sp³-hybridized carbons (Fsp3) is 0.625. The number of aromatic nitrogens is 2. The average molecular weight is 312 g/mol. The molecule has 4 nitrogen and oxygen atoms in total. The quantitative estimate of drug-likeness (QED) is 0.719. The summed E-state index contributed by atoms with van der Waals surface area (Å²) in [5.74, 6) is 0.468. The molecule has 118 valence electrons. The summed E-state index contributed by atoms with van der Waals surface area (Å²) in [6.45, 7) is 9.81. The molecule has 0 aliphatic heterocycles. The van der Waals surface area contributed by atoms with Gasteiger partial charge in [0.2, 0.25) is 5.91 Å². The molecule has 1 amide bonds. The lowest BCUT2D eigenvalue weighted by atomic mass is 10.2. The van der Waals surface area contributed by atoms with Crippen LogP contribution in [0.25, 0.3) is 6.08 Å². The van der Waals surface area contributed by atoms with Gasteiger partial charge in [0.15, 0.2) is 0 Å². The van der Waals surface area contributed by atoms with Gasteiger partial charge in [-0.3, -0.25) is 9.48 Å². The van der Waals surface area contributed by atoms with E-state index >= 15 is 0 Å². The van der Waals surface area contributed by atoms with Crippen LogP contribution in [0.5, 0.6) is 0 Å². The van der Waals surface area contributed by atoms with E-state index < -0.39 is 0 Å². The minimum Gasteiger partial charge on any atom is -0.342 e. The third kappa shape index (κ3) is 5.20. The number of hydrogen-bond acceptors (Lipinski definition) is 2. The maximum atomic E-state index is 12.0. The van der Waals surface area contributed by atoms with E-state index in [9.17, 15) is 4.79 Å². The molecule has 0 N–H and O–H groups in total. The van der Waals surface area contributed by atoms with Crippen LogP contribution in [0.3, 0.4) is 0 Å². The van der Waals surface area contributed by atoms with Gasteiger partial charge < -0.3 is 4.90 Å². The minimum atomic E-state index is -0.00414. The van der Waals surface area contributed by atoms with Crippen LogP contribution in [0.15, 0.2) is 6.08 Å². The molecule has 0 radical (unpaired) electrons. The highest BCUT2D eigenvalue weighted by Gasteiger charge is 2.12. The van der Waals surface area contributed by atoms with Gasteiger partial charge in [-0.2, -0.15) is 5.10 Å². The Morgan fingerprint density at radius 1 is 1.48 bits per heavy atom. The first kappa shape index (κ1) is 17.8. The summed E-state index contributed by atoms with van der Waals surface area (Å²) in [5.41, 5.74) is 1.68. The highest BCUT2D eigenvalue weighted by atomic mass is 35.5. The van der Waals surface area contributed by atoms with Gasteiger partial charge in [0, 0.05) is 31.8 Å². The molecule has 1 aromatic rings. The number of nitrogens with zero attached hydrogens (tertiary/aromatic N) is 3. The lowest BCUT2D eigenvalue weighted by Crippen LogP contribution is -2.25. The summed E-state index contributed by atoms with van der Waals surface area (Å²) >= 11 is 6.34. The van der Waals surface area contributed by atoms with Gasteiger partial charge in [-0.1, -0.05) is 38.8 Å². The van der Waals surface area contributed by atoms with E-state index in [1.165, 1.54) is 0 Å². The topological polar surface area (TPSA) is 38.1 Å². The van der Waals surface area contributed by atoms with E-state index in [0.717, 1.165) is 37.2 Å². The molecule has 0 aliphatic rings. The number of rotatable bonds is 7. The number of aryl methyl sites for hydroxylation is 1. The van der Waals surface area contributed by atoms with Crippen molar-refractivity contribution in [1.29, 1.82) is 0 Å². The monoisotopic (exact) mass is 311 g/mol. The van der Waals surface area contributed by atoms with Crippen LogP contribution in [0.2, 0.25) is 5.15 Å². The van der Waals surface area contributed by atoms with Gasteiger partial charge >= 0.3 is 0 Å².